The van der Waals surface area contributed by atoms with Crippen molar-refractivity contribution in [3.8, 4) is 0 Å². The zero-order chi connectivity index (χ0) is 42.5. The number of cyclic esters (lactones) is 1. The lowest BCUT2D eigenvalue weighted by Crippen LogP contribution is -2.64. The minimum atomic E-state index is -1.88. The van der Waals surface area contributed by atoms with Crippen LogP contribution in [0.4, 0.5) is 4.79 Å². The van der Waals surface area contributed by atoms with Crippen LogP contribution in [-0.4, -0.2) is 125 Å². The number of pyridine rings is 1. The van der Waals surface area contributed by atoms with Crippen LogP contribution in [-0.2, 0) is 38.1 Å². The molecule has 0 radical (unpaired) electrons. The number of fused-ring (bicyclic) bond motifs is 1. The fourth-order valence-electron chi connectivity index (χ4n) is 8.28. The van der Waals surface area contributed by atoms with E-state index in [4.69, 9.17) is 23.7 Å². The second kappa shape index (κ2) is 18.9. The molecule has 0 aliphatic carbocycles. The highest BCUT2D eigenvalue weighted by Crippen LogP contribution is 2.40. The number of aromatic nitrogens is 1. The first kappa shape index (κ1) is 45.9. The summed E-state index contributed by atoms with van der Waals surface area (Å²) >= 11 is 0. The average Bonchev–Trinajstić information content (AvgIpc) is 3.40. The lowest BCUT2D eigenvalue weighted by Gasteiger charge is -2.50. The molecule has 3 heterocycles. The van der Waals surface area contributed by atoms with Crippen molar-refractivity contribution in [2.75, 3.05) is 33.9 Å². The van der Waals surface area contributed by atoms with E-state index in [1.807, 2.05) is 89.2 Å². The van der Waals surface area contributed by atoms with Crippen LogP contribution in [0.1, 0.15) is 94.1 Å². The van der Waals surface area contributed by atoms with Crippen LogP contribution in [0.3, 0.4) is 0 Å². The van der Waals surface area contributed by atoms with Crippen LogP contribution in [0.2, 0.25) is 0 Å². The van der Waals surface area contributed by atoms with Gasteiger partial charge in [0, 0.05) is 30.0 Å². The van der Waals surface area contributed by atoms with Gasteiger partial charge in [-0.1, -0.05) is 51.1 Å². The molecule has 1 N–H and O–H groups in total. The van der Waals surface area contributed by atoms with Crippen molar-refractivity contribution >= 4 is 40.6 Å². The summed E-state index contributed by atoms with van der Waals surface area (Å²) in [7, 11) is 3.68. The Bertz CT molecular complexity index is 1770. The van der Waals surface area contributed by atoms with Gasteiger partial charge in [-0.25, -0.2) is 4.79 Å². The Morgan fingerprint density at radius 3 is 2.46 bits per heavy atom. The highest BCUT2D eigenvalue weighted by atomic mass is 16.7. The Kier molecular flexibility index (Phi) is 15.2. The van der Waals surface area contributed by atoms with Gasteiger partial charge in [0.05, 0.1) is 42.0 Å². The minimum Gasteiger partial charge on any atom is -0.458 e. The predicted molar refractivity (Wildman–Crippen MR) is 217 cm³/mol. The lowest BCUT2D eigenvalue weighted by molar-refractivity contribution is -0.333. The summed E-state index contributed by atoms with van der Waals surface area (Å²) in [6.45, 7) is 17.7. The molecule has 13 heteroatoms. The summed E-state index contributed by atoms with van der Waals surface area (Å²) < 4.78 is 31.2. The van der Waals surface area contributed by atoms with Crippen molar-refractivity contribution in [3.63, 3.8) is 0 Å². The maximum atomic E-state index is 14.6. The summed E-state index contributed by atoms with van der Waals surface area (Å²) in [4.78, 5) is 61.9. The largest absolute Gasteiger partial charge is 0.458 e. The molecule has 4 rings (SSSR count). The molecule has 2 saturated heterocycles. The number of Topliss-reactive ketones (excluding diaryl/α,β-unsaturated/α-hetero) is 2. The molecule has 2 fully saturated rings. The van der Waals surface area contributed by atoms with Crippen LogP contribution >= 0.6 is 0 Å². The maximum Gasteiger partial charge on any atom is 0.410 e. The van der Waals surface area contributed by atoms with Gasteiger partial charge in [0.25, 0.3) is 0 Å². The van der Waals surface area contributed by atoms with Crippen molar-refractivity contribution in [1.29, 1.82) is 0 Å². The Morgan fingerprint density at radius 1 is 1.16 bits per heavy atom. The van der Waals surface area contributed by atoms with Gasteiger partial charge < -0.3 is 38.6 Å². The lowest BCUT2D eigenvalue weighted by atomic mass is 9.77. The number of benzene rings is 1. The second-order valence-corrected chi connectivity index (χ2v) is 16.7. The zero-order valence-electron chi connectivity index (χ0n) is 35.9. The smallest absolute Gasteiger partial charge is 0.410 e. The molecule has 1 unspecified atom stereocenters. The van der Waals surface area contributed by atoms with E-state index in [0.717, 1.165) is 16.5 Å². The van der Waals surface area contributed by atoms with Crippen LogP contribution in [0, 0.1) is 17.8 Å². The van der Waals surface area contributed by atoms with E-state index in [0.29, 0.717) is 19.4 Å². The van der Waals surface area contributed by atoms with Gasteiger partial charge >= 0.3 is 12.1 Å². The third kappa shape index (κ3) is 10.3. The van der Waals surface area contributed by atoms with Crippen molar-refractivity contribution in [2.24, 2.45) is 17.8 Å². The number of rotatable bonds is 19. The highest BCUT2D eigenvalue weighted by molar-refractivity contribution is 6.00. The summed E-state index contributed by atoms with van der Waals surface area (Å²) in [6, 6.07) is 8.93. The third-order valence-electron chi connectivity index (χ3n) is 12.2. The number of aliphatic hydroxyl groups is 1. The quantitative estimate of drug-likeness (QED) is 0.0974. The molecule has 2 aliphatic rings. The zero-order valence-corrected chi connectivity index (χ0v) is 35.9. The molecule has 2 aliphatic heterocycles. The Balaban J connectivity index is 1.68. The molecule has 13 nitrogen and oxygen atoms in total. The normalized spacial score (nSPS) is 27.8. The summed E-state index contributed by atoms with van der Waals surface area (Å²) in [6.07, 6.45) is 3.77. The van der Waals surface area contributed by atoms with E-state index in [9.17, 15) is 24.3 Å². The van der Waals surface area contributed by atoms with E-state index < -0.39 is 70.8 Å². The van der Waals surface area contributed by atoms with Crippen LogP contribution in [0.25, 0.3) is 17.0 Å². The molecule has 11 atom stereocenters. The van der Waals surface area contributed by atoms with Gasteiger partial charge in [0.2, 0.25) is 5.79 Å². The van der Waals surface area contributed by atoms with E-state index in [-0.39, 0.29) is 37.6 Å². The Labute approximate surface area is 338 Å². The van der Waals surface area contributed by atoms with Crippen molar-refractivity contribution in [2.45, 2.75) is 136 Å². The minimum absolute atomic E-state index is 0.0673. The number of ether oxygens (including phenoxy) is 5. The molecule has 2 aromatic rings. The van der Waals surface area contributed by atoms with E-state index >= 15 is 0 Å². The summed E-state index contributed by atoms with van der Waals surface area (Å²) in [5, 5.41) is 13.3. The number of carbonyl (C=O) groups is 4. The summed E-state index contributed by atoms with van der Waals surface area (Å²) in [5.41, 5.74) is -0.740. The number of ketones is 2. The second-order valence-electron chi connectivity index (χ2n) is 16.7. The summed E-state index contributed by atoms with van der Waals surface area (Å²) in [5.74, 6) is -6.07. The van der Waals surface area contributed by atoms with E-state index in [2.05, 4.69) is 4.98 Å². The highest BCUT2D eigenvalue weighted by Gasteiger charge is 2.55. The SMILES string of the molecule is CC[C@@H](OC(=O)[C@H](C)C(=O)[C@H](C)[C@@H](O[C@]1(O)CO[C@H](C)C[C@@H]1N(C)C)C(C)(C[C@@H](C)C(C)=O)OC/C=C/c1cnc2ccccc2c1)[C@@]1(C)OC(=O)N(CC)[C@@H]1C. The van der Waals surface area contributed by atoms with Crippen molar-refractivity contribution in [3.05, 3.63) is 48.2 Å². The topological polar surface area (TPSA) is 154 Å². The molecular formula is C44H65N3O10. The fourth-order valence-corrected chi connectivity index (χ4v) is 8.28. The Hall–Kier alpha value is -3.75. The first-order chi connectivity index (χ1) is 26.7. The van der Waals surface area contributed by atoms with E-state index in [1.54, 1.807) is 38.8 Å². The number of hydrogen-bond donors (Lipinski definition) is 1. The van der Waals surface area contributed by atoms with Crippen LogP contribution < -0.4 is 0 Å². The molecule has 0 saturated carbocycles. The van der Waals surface area contributed by atoms with Gasteiger partial charge in [-0.15, -0.1) is 0 Å². The number of nitrogens with zero attached hydrogens (tertiary/aromatic N) is 3. The van der Waals surface area contributed by atoms with Crippen LogP contribution in [0.5, 0.6) is 0 Å². The predicted octanol–water partition coefficient (Wildman–Crippen LogP) is 6.23. The maximum absolute atomic E-state index is 14.6. The van der Waals surface area contributed by atoms with E-state index in [1.165, 1.54) is 13.8 Å². The van der Waals surface area contributed by atoms with Gasteiger partial charge in [-0.3, -0.25) is 19.4 Å². The van der Waals surface area contributed by atoms with Gasteiger partial charge in [0.1, 0.15) is 24.4 Å². The van der Waals surface area contributed by atoms with Crippen LogP contribution in [0.15, 0.2) is 42.6 Å². The first-order valence-electron chi connectivity index (χ1n) is 20.3. The fraction of sp³-hybridized carbons (Fsp3) is 0.659. The molecule has 0 bridgehead atoms. The first-order valence-corrected chi connectivity index (χ1v) is 20.3. The molecular weight excluding hydrogens is 730 g/mol. The number of carbonyl (C=O) groups excluding carboxylic acids is 4. The molecule has 1 aromatic heterocycles. The Morgan fingerprint density at radius 2 is 1.84 bits per heavy atom. The number of para-hydroxylation sites is 1. The van der Waals surface area contributed by atoms with Gasteiger partial charge in [0.15, 0.2) is 11.4 Å². The molecule has 316 valence electrons. The number of hydrogen-bond acceptors (Lipinski definition) is 12. The van der Waals surface area contributed by atoms with Crippen molar-refractivity contribution < 1.29 is 48.0 Å². The standard InChI is InChI=1S/C44H65N3O10/c1-13-37(43(10)32(8)47(14-2)41(51)57-43)55-40(50)30(6)38(49)29(5)39(56-44(52)26-53-28(4)22-36(44)46(11)12)42(9,24-27(3)31(7)48)54-21-17-18-33-23-34-19-15-16-20-35(34)45-25-33/h15-20,23,25,27-30,32,36-37,39,52H,13-14,21-22,24,26H2,1-12H3/b18-17+/t27-,28-,29+,30-,32-,36+,37-,39-,42?,43+,44-/m1/s1. The van der Waals surface area contributed by atoms with Gasteiger partial charge in [-0.2, -0.15) is 0 Å². The molecule has 1 amide bonds. The van der Waals surface area contributed by atoms with Gasteiger partial charge in [-0.05, 0) is 99.5 Å². The monoisotopic (exact) mass is 795 g/mol. The average molecular weight is 796 g/mol. The third-order valence-corrected chi connectivity index (χ3v) is 12.2. The molecule has 0 spiro atoms. The number of likely N-dealkylation sites (N-methyl/N-ethyl adjacent to an activating group) is 2. The number of esters is 1. The molecule has 1 aromatic carbocycles. The van der Waals surface area contributed by atoms with Crippen molar-refractivity contribution in [1.82, 2.24) is 14.8 Å². The number of amides is 1. The molecule has 57 heavy (non-hydrogen) atoms.